The molecular weight excluding hydrogens is 264 g/mol. The third-order valence-electron chi connectivity index (χ3n) is 3.40. The van der Waals surface area contributed by atoms with Gasteiger partial charge in [0.25, 0.3) is 0 Å². The summed E-state index contributed by atoms with van der Waals surface area (Å²) < 4.78 is 5.23. The summed E-state index contributed by atoms with van der Waals surface area (Å²) in [7, 11) is 4.08. The molecule has 1 aromatic rings. The van der Waals surface area contributed by atoms with Gasteiger partial charge in [-0.1, -0.05) is 44.2 Å². The van der Waals surface area contributed by atoms with E-state index in [1.54, 1.807) is 0 Å². The monoisotopic (exact) mass is 292 g/mol. The zero-order valence-electron chi connectivity index (χ0n) is 13.8. The lowest BCUT2D eigenvalue weighted by molar-refractivity contribution is -0.146. The number of likely N-dealkylation sites (N-methyl/N-ethyl adjacent to an activating group) is 1. The molecule has 21 heavy (non-hydrogen) atoms. The van der Waals surface area contributed by atoms with Crippen molar-refractivity contribution >= 4 is 5.97 Å². The fourth-order valence-electron chi connectivity index (χ4n) is 2.23. The first-order valence-corrected chi connectivity index (χ1v) is 7.58. The molecule has 0 aliphatic carbocycles. The van der Waals surface area contributed by atoms with Gasteiger partial charge in [0, 0.05) is 12.6 Å². The molecule has 1 aromatic carbocycles. The molecule has 1 N–H and O–H groups in total. The Hall–Kier alpha value is -1.39. The summed E-state index contributed by atoms with van der Waals surface area (Å²) in [6.07, 6.45) is 0. The summed E-state index contributed by atoms with van der Waals surface area (Å²) in [6, 6.07) is 9.56. The first-order valence-electron chi connectivity index (χ1n) is 7.58. The Morgan fingerprint density at radius 3 is 2.33 bits per heavy atom. The molecular formula is C17H28N2O2. The summed E-state index contributed by atoms with van der Waals surface area (Å²) in [5, 5.41) is 3.47. The number of carbonyl (C=O) groups excluding carboxylic acids is 1. The summed E-state index contributed by atoms with van der Waals surface area (Å²) in [5.41, 5.74) is 0.945. The minimum atomic E-state index is -0.418. The molecule has 2 unspecified atom stereocenters. The van der Waals surface area contributed by atoms with Gasteiger partial charge in [0.1, 0.15) is 6.04 Å². The molecule has 0 heterocycles. The van der Waals surface area contributed by atoms with Crippen molar-refractivity contribution in [2.45, 2.75) is 32.9 Å². The van der Waals surface area contributed by atoms with Gasteiger partial charge in [0.2, 0.25) is 0 Å². The molecule has 0 saturated carbocycles. The predicted octanol–water partition coefficient (Wildman–Crippen LogP) is 2.47. The average molecular weight is 292 g/mol. The van der Waals surface area contributed by atoms with E-state index in [1.807, 2.05) is 51.4 Å². The van der Waals surface area contributed by atoms with E-state index in [0.29, 0.717) is 12.5 Å². The second-order valence-electron chi connectivity index (χ2n) is 5.88. The zero-order valence-corrected chi connectivity index (χ0v) is 13.8. The van der Waals surface area contributed by atoms with Crippen LogP contribution in [0.1, 0.15) is 32.4 Å². The first-order chi connectivity index (χ1) is 9.95. The van der Waals surface area contributed by atoms with E-state index in [2.05, 4.69) is 24.1 Å². The van der Waals surface area contributed by atoms with Crippen molar-refractivity contribution < 1.29 is 9.53 Å². The minimum Gasteiger partial charge on any atom is -0.465 e. The van der Waals surface area contributed by atoms with Crippen molar-refractivity contribution in [1.82, 2.24) is 10.2 Å². The SMILES string of the molecule is CCOC(=O)C(NC(CN(C)C)C(C)C)c1ccccc1. The van der Waals surface area contributed by atoms with Crippen LogP contribution in [-0.2, 0) is 9.53 Å². The average Bonchev–Trinajstić information content (AvgIpc) is 2.43. The van der Waals surface area contributed by atoms with E-state index >= 15 is 0 Å². The fourth-order valence-corrected chi connectivity index (χ4v) is 2.23. The van der Waals surface area contributed by atoms with E-state index in [0.717, 1.165) is 12.1 Å². The van der Waals surface area contributed by atoms with Crippen LogP contribution in [0.5, 0.6) is 0 Å². The third kappa shape index (κ3) is 5.86. The number of hydrogen-bond donors (Lipinski definition) is 1. The van der Waals surface area contributed by atoms with Gasteiger partial charge in [-0.05, 0) is 32.5 Å². The Balaban J connectivity index is 2.93. The molecule has 0 bridgehead atoms. The highest BCUT2D eigenvalue weighted by molar-refractivity contribution is 5.77. The highest BCUT2D eigenvalue weighted by Crippen LogP contribution is 2.17. The number of nitrogens with one attached hydrogen (secondary N) is 1. The number of nitrogens with zero attached hydrogens (tertiary/aromatic N) is 1. The lowest BCUT2D eigenvalue weighted by Crippen LogP contribution is -2.46. The second kappa shape index (κ2) is 8.80. The van der Waals surface area contributed by atoms with Crippen molar-refractivity contribution in [1.29, 1.82) is 0 Å². The molecule has 0 amide bonds. The van der Waals surface area contributed by atoms with Crippen LogP contribution >= 0.6 is 0 Å². The largest absolute Gasteiger partial charge is 0.465 e. The van der Waals surface area contributed by atoms with Crippen molar-refractivity contribution in [3.8, 4) is 0 Å². The third-order valence-corrected chi connectivity index (χ3v) is 3.40. The molecule has 0 aromatic heterocycles. The van der Waals surface area contributed by atoms with Gasteiger partial charge in [0.05, 0.1) is 6.61 Å². The molecule has 4 heteroatoms. The van der Waals surface area contributed by atoms with Gasteiger partial charge in [-0.3, -0.25) is 5.32 Å². The van der Waals surface area contributed by atoms with Gasteiger partial charge in [-0.25, -0.2) is 4.79 Å². The molecule has 118 valence electrons. The molecule has 0 aliphatic rings. The van der Waals surface area contributed by atoms with Crippen LogP contribution in [0.4, 0.5) is 0 Å². The van der Waals surface area contributed by atoms with Gasteiger partial charge in [-0.2, -0.15) is 0 Å². The van der Waals surface area contributed by atoms with E-state index < -0.39 is 6.04 Å². The second-order valence-corrected chi connectivity index (χ2v) is 5.88. The Labute approximate surface area is 128 Å². The number of carbonyl (C=O) groups is 1. The Kier molecular flexibility index (Phi) is 7.40. The van der Waals surface area contributed by atoms with Crippen molar-refractivity contribution in [2.75, 3.05) is 27.2 Å². The summed E-state index contributed by atoms with van der Waals surface area (Å²) in [5.74, 6) is 0.209. The maximum atomic E-state index is 12.3. The molecule has 1 rings (SSSR count). The maximum absolute atomic E-state index is 12.3. The normalized spacial score (nSPS) is 14.2. The van der Waals surface area contributed by atoms with Crippen LogP contribution in [0.25, 0.3) is 0 Å². The Morgan fingerprint density at radius 1 is 1.24 bits per heavy atom. The number of ether oxygens (including phenoxy) is 1. The smallest absolute Gasteiger partial charge is 0.327 e. The highest BCUT2D eigenvalue weighted by Gasteiger charge is 2.26. The summed E-state index contributed by atoms with van der Waals surface area (Å²) in [6.45, 7) is 7.42. The van der Waals surface area contributed by atoms with E-state index in [-0.39, 0.29) is 12.0 Å². The molecule has 0 saturated heterocycles. The quantitative estimate of drug-likeness (QED) is 0.747. The topological polar surface area (TPSA) is 41.6 Å². The van der Waals surface area contributed by atoms with Crippen LogP contribution in [-0.4, -0.2) is 44.2 Å². The van der Waals surface area contributed by atoms with Gasteiger partial charge in [-0.15, -0.1) is 0 Å². The standard InChI is InChI=1S/C17H28N2O2/c1-6-21-17(20)16(14-10-8-7-9-11-14)18-15(13(2)3)12-19(4)5/h7-11,13,15-16,18H,6,12H2,1-5H3. The van der Waals surface area contributed by atoms with Crippen LogP contribution in [0, 0.1) is 5.92 Å². The maximum Gasteiger partial charge on any atom is 0.327 e. The van der Waals surface area contributed by atoms with E-state index in [1.165, 1.54) is 0 Å². The van der Waals surface area contributed by atoms with Crippen LogP contribution in [0.3, 0.4) is 0 Å². The Morgan fingerprint density at radius 2 is 1.86 bits per heavy atom. The molecule has 2 atom stereocenters. The van der Waals surface area contributed by atoms with Crippen LogP contribution < -0.4 is 5.32 Å². The molecule has 4 nitrogen and oxygen atoms in total. The predicted molar refractivity (Wildman–Crippen MR) is 86.1 cm³/mol. The molecule has 0 spiro atoms. The van der Waals surface area contributed by atoms with Crippen LogP contribution in [0.2, 0.25) is 0 Å². The number of esters is 1. The van der Waals surface area contributed by atoms with Gasteiger partial charge in [0.15, 0.2) is 0 Å². The molecule has 0 aliphatic heterocycles. The number of benzene rings is 1. The highest BCUT2D eigenvalue weighted by atomic mass is 16.5. The van der Waals surface area contributed by atoms with Gasteiger partial charge < -0.3 is 9.64 Å². The van der Waals surface area contributed by atoms with Crippen molar-refractivity contribution in [3.05, 3.63) is 35.9 Å². The lowest BCUT2D eigenvalue weighted by atomic mass is 10.00. The van der Waals surface area contributed by atoms with Crippen molar-refractivity contribution in [3.63, 3.8) is 0 Å². The van der Waals surface area contributed by atoms with E-state index in [9.17, 15) is 4.79 Å². The summed E-state index contributed by atoms with van der Waals surface area (Å²) >= 11 is 0. The molecule has 0 fully saturated rings. The zero-order chi connectivity index (χ0) is 15.8. The summed E-state index contributed by atoms with van der Waals surface area (Å²) in [4.78, 5) is 14.4. The first kappa shape index (κ1) is 17.7. The van der Waals surface area contributed by atoms with Crippen LogP contribution in [0.15, 0.2) is 30.3 Å². The minimum absolute atomic E-state index is 0.215. The van der Waals surface area contributed by atoms with Crippen molar-refractivity contribution in [2.24, 2.45) is 5.92 Å². The van der Waals surface area contributed by atoms with Gasteiger partial charge >= 0.3 is 5.97 Å². The number of rotatable bonds is 8. The fraction of sp³-hybridized carbons (Fsp3) is 0.588. The Bertz CT molecular complexity index is 418. The lowest BCUT2D eigenvalue weighted by Gasteiger charge is -2.29. The number of hydrogen-bond acceptors (Lipinski definition) is 4. The molecule has 0 radical (unpaired) electrons. The van der Waals surface area contributed by atoms with E-state index in [4.69, 9.17) is 4.74 Å².